The summed E-state index contributed by atoms with van der Waals surface area (Å²) in [5, 5.41) is 0. The zero-order chi connectivity index (χ0) is 11.4. The number of ether oxygens (including phenoxy) is 1. The summed E-state index contributed by atoms with van der Waals surface area (Å²) < 4.78 is 8.19. The van der Waals surface area contributed by atoms with Gasteiger partial charge in [0.15, 0.2) is 9.32 Å². The summed E-state index contributed by atoms with van der Waals surface area (Å²) in [4.78, 5) is 0. The highest BCUT2D eigenvalue weighted by Gasteiger charge is 2.21. The number of para-hydroxylation sites is 1. The van der Waals surface area contributed by atoms with Gasteiger partial charge in [-0.25, -0.2) is 0 Å². The Bertz CT molecular complexity index is 480. The maximum atomic E-state index is 5.38. The van der Waals surface area contributed by atoms with Crippen LogP contribution in [0.5, 0.6) is 5.75 Å². The van der Waals surface area contributed by atoms with Crippen molar-refractivity contribution in [3.63, 3.8) is 0 Å². The maximum Gasteiger partial charge on any atom is 0.362 e. The fourth-order valence-corrected chi connectivity index (χ4v) is 4.13. The van der Waals surface area contributed by atoms with Gasteiger partial charge < -0.3 is 4.74 Å². The van der Waals surface area contributed by atoms with Gasteiger partial charge in [-0.3, -0.25) is 0 Å². The Morgan fingerprint density at radius 3 is 2.19 bits per heavy atom. The first-order chi connectivity index (χ1) is 7.81. The average Bonchev–Trinajstić information content (AvgIpc) is 2.33. The number of hydrogen-bond acceptors (Lipinski definition) is 1. The third kappa shape index (κ3) is 2.55. The predicted molar refractivity (Wildman–Crippen MR) is 61.6 cm³/mol. The number of aryl methyl sites for hydroxylation is 1. The van der Waals surface area contributed by atoms with Crippen LogP contribution in [0.3, 0.4) is 0 Å². The van der Waals surface area contributed by atoms with E-state index in [4.69, 9.17) is 4.74 Å². The molecule has 2 rings (SSSR count). The topological polar surface area (TPSA) is 9.23 Å². The van der Waals surface area contributed by atoms with Crippen molar-refractivity contribution in [1.82, 2.24) is 0 Å². The smallest absolute Gasteiger partial charge is 0.362 e. The molecule has 0 bridgehead atoms. The van der Waals surface area contributed by atoms with E-state index in [1.165, 1.54) is 12.7 Å². The molecule has 16 heavy (non-hydrogen) atoms. The molecule has 82 valence electrons. The summed E-state index contributed by atoms with van der Waals surface area (Å²) in [6.07, 6.45) is 0. The highest BCUT2D eigenvalue weighted by molar-refractivity contribution is 5.21. The molecule has 0 radical (unpaired) electrons. The highest BCUT2D eigenvalue weighted by atomic mass is 127. The van der Waals surface area contributed by atoms with E-state index in [-0.39, 0.29) is 21.2 Å². The van der Waals surface area contributed by atoms with Gasteiger partial charge in [0.05, 0.1) is 7.11 Å². The molecule has 0 spiro atoms. The zero-order valence-corrected chi connectivity index (χ0v) is 11.6. The van der Waals surface area contributed by atoms with E-state index < -0.39 is 0 Å². The minimum Gasteiger partial charge on any atom is -0.492 e. The molecule has 0 fully saturated rings. The number of rotatable bonds is 3. The van der Waals surface area contributed by atoms with Gasteiger partial charge in [0.2, 0.25) is 3.57 Å². The van der Waals surface area contributed by atoms with Crippen molar-refractivity contribution in [1.29, 1.82) is 0 Å². The Morgan fingerprint density at radius 1 is 0.875 bits per heavy atom. The Labute approximate surface area is 107 Å². The van der Waals surface area contributed by atoms with Crippen molar-refractivity contribution < 1.29 is 25.9 Å². The van der Waals surface area contributed by atoms with Gasteiger partial charge in [0, 0.05) is 5.56 Å². The van der Waals surface area contributed by atoms with Gasteiger partial charge in [0.1, 0.15) is 0 Å². The third-order valence-electron chi connectivity index (χ3n) is 2.34. The standard InChI is InChI=1S/C14H14IO/c1-11-7-3-4-8-12(11)15-13-9-5-6-10-14(13)16-2/h3-10H,1-2H3/q+1. The first kappa shape index (κ1) is 11.5. The fourth-order valence-electron chi connectivity index (χ4n) is 1.46. The van der Waals surface area contributed by atoms with Crippen LogP contribution < -0.4 is 25.9 Å². The lowest BCUT2D eigenvalue weighted by Gasteiger charge is -1.98. The van der Waals surface area contributed by atoms with Crippen molar-refractivity contribution in [3.05, 3.63) is 61.2 Å². The van der Waals surface area contributed by atoms with Gasteiger partial charge in [-0.15, -0.1) is 0 Å². The number of benzene rings is 2. The van der Waals surface area contributed by atoms with E-state index in [1.807, 2.05) is 12.1 Å². The Morgan fingerprint density at radius 2 is 1.50 bits per heavy atom. The molecule has 0 aliphatic rings. The van der Waals surface area contributed by atoms with Crippen LogP contribution in [-0.4, -0.2) is 7.11 Å². The van der Waals surface area contributed by atoms with E-state index in [0.717, 1.165) is 5.75 Å². The maximum absolute atomic E-state index is 5.38. The largest absolute Gasteiger partial charge is 0.492 e. The van der Waals surface area contributed by atoms with Gasteiger partial charge in [0.25, 0.3) is 0 Å². The number of hydrogen-bond donors (Lipinski definition) is 0. The molecule has 2 aromatic carbocycles. The minimum atomic E-state index is -0.146. The van der Waals surface area contributed by atoms with Crippen LogP contribution in [0.4, 0.5) is 0 Å². The Balaban J connectivity index is 2.30. The Hall–Kier alpha value is -1.03. The molecule has 2 heteroatoms. The summed E-state index contributed by atoms with van der Waals surface area (Å²) in [6.45, 7) is 2.17. The van der Waals surface area contributed by atoms with E-state index in [2.05, 4.69) is 43.3 Å². The first-order valence-corrected chi connectivity index (χ1v) is 7.30. The van der Waals surface area contributed by atoms with E-state index in [1.54, 1.807) is 7.11 Å². The molecule has 0 atom stereocenters. The summed E-state index contributed by atoms with van der Waals surface area (Å²) >= 11 is -0.146. The molecule has 0 aliphatic heterocycles. The minimum absolute atomic E-state index is 0.146. The van der Waals surface area contributed by atoms with Crippen LogP contribution in [0.2, 0.25) is 0 Å². The third-order valence-corrected chi connectivity index (χ3v) is 5.60. The molecule has 0 heterocycles. The SMILES string of the molecule is COc1ccccc1[I+]c1ccccc1C. The molecule has 1 nitrogen and oxygen atoms in total. The van der Waals surface area contributed by atoms with Crippen LogP contribution >= 0.6 is 0 Å². The lowest BCUT2D eigenvalue weighted by molar-refractivity contribution is -0.598. The molecule has 0 saturated carbocycles. The summed E-state index contributed by atoms with van der Waals surface area (Å²) in [7, 11) is 1.74. The van der Waals surface area contributed by atoms with E-state index >= 15 is 0 Å². The van der Waals surface area contributed by atoms with E-state index in [9.17, 15) is 0 Å². The van der Waals surface area contributed by atoms with Gasteiger partial charge in [-0.1, -0.05) is 30.3 Å². The van der Waals surface area contributed by atoms with Crippen molar-refractivity contribution in [2.75, 3.05) is 7.11 Å². The average molecular weight is 325 g/mol. The van der Waals surface area contributed by atoms with Gasteiger partial charge in [-0.05, 0) is 25.1 Å². The molecule has 0 unspecified atom stereocenters. The van der Waals surface area contributed by atoms with Crippen LogP contribution in [0.25, 0.3) is 0 Å². The molecular formula is C14H14IO+. The number of halogens is 1. The second kappa shape index (κ2) is 5.34. The summed E-state index contributed by atoms with van der Waals surface area (Å²) in [5.74, 6) is 1.01. The van der Waals surface area contributed by atoms with Crippen molar-refractivity contribution in [3.8, 4) is 5.75 Å². The van der Waals surface area contributed by atoms with Crippen molar-refractivity contribution in [2.45, 2.75) is 6.92 Å². The lowest BCUT2D eigenvalue weighted by atomic mass is 10.2. The highest BCUT2D eigenvalue weighted by Crippen LogP contribution is 2.07. The predicted octanol–water partition coefficient (Wildman–Crippen LogP) is 0.132. The monoisotopic (exact) mass is 325 g/mol. The van der Waals surface area contributed by atoms with Crippen molar-refractivity contribution in [2.24, 2.45) is 0 Å². The summed E-state index contributed by atoms with van der Waals surface area (Å²) in [5.41, 5.74) is 1.38. The van der Waals surface area contributed by atoms with Gasteiger partial charge in [-0.2, -0.15) is 0 Å². The molecule has 0 amide bonds. The quantitative estimate of drug-likeness (QED) is 0.729. The normalized spacial score (nSPS) is 10.1. The molecule has 2 aromatic rings. The number of methoxy groups -OCH3 is 1. The second-order valence-corrected chi connectivity index (χ2v) is 6.34. The van der Waals surface area contributed by atoms with E-state index in [0.29, 0.717) is 0 Å². The Kier molecular flexibility index (Phi) is 3.83. The molecule has 0 N–H and O–H groups in total. The molecule has 0 aliphatic carbocycles. The van der Waals surface area contributed by atoms with Crippen LogP contribution in [0.1, 0.15) is 5.56 Å². The van der Waals surface area contributed by atoms with Crippen molar-refractivity contribution >= 4 is 0 Å². The molecular weight excluding hydrogens is 311 g/mol. The fraction of sp³-hybridized carbons (Fsp3) is 0.143. The summed E-state index contributed by atoms with van der Waals surface area (Å²) in [6, 6.07) is 16.9. The van der Waals surface area contributed by atoms with Crippen LogP contribution in [0, 0.1) is 14.1 Å². The zero-order valence-electron chi connectivity index (χ0n) is 9.41. The van der Waals surface area contributed by atoms with Crippen LogP contribution in [0.15, 0.2) is 48.5 Å². The molecule has 0 aromatic heterocycles. The first-order valence-electron chi connectivity index (χ1n) is 5.15. The molecule has 0 saturated heterocycles. The van der Waals surface area contributed by atoms with Crippen LogP contribution in [-0.2, 0) is 0 Å². The second-order valence-electron chi connectivity index (χ2n) is 3.48. The lowest BCUT2D eigenvalue weighted by Crippen LogP contribution is -3.61. The van der Waals surface area contributed by atoms with Gasteiger partial charge >= 0.3 is 21.2 Å².